The first-order valence-electron chi connectivity index (χ1n) is 7.82. The van der Waals surface area contributed by atoms with Crippen molar-refractivity contribution in [3.05, 3.63) is 29.8 Å². The Morgan fingerprint density at radius 1 is 1.33 bits per heavy atom. The van der Waals surface area contributed by atoms with Gasteiger partial charge in [-0.25, -0.2) is 0 Å². The van der Waals surface area contributed by atoms with Gasteiger partial charge in [-0.1, -0.05) is 6.08 Å². The van der Waals surface area contributed by atoms with Gasteiger partial charge in [0.1, 0.15) is 17.1 Å². The Labute approximate surface area is 126 Å². The Bertz CT molecular complexity index is 520. The van der Waals surface area contributed by atoms with E-state index in [1.807, 2.05) is 25.1 Å². The van der Waals surface area contributed by atoms with E-state index in [0.717, 1.165) is 56.1 Å². The van der Waals surface area contributed by atoms with Crippen LogP contribution >= 0.6 is 0 Å². The third-order valence-corrected chi connectivity index (χ3v) is 4.32. The van der Waals surface area contributed by atoms with Gasteiger partial charge in [0, 0.05) is 44.6 Å². The maximum Gasteiger partial charge on any atom is 0.130 e. The van der Waals surface area contributed by atoms with Crippen LogP contribution in [0.5, 0.6) is 11.5 Å². The molecule has 0 saturated carbocycles. The zero-order valence-corrected chi connectivity index (χ0v) is 12.7. The molecule has 0 atom stereocenters. The van der Waals surface area contributed by atoms with Gasteiger partial charge in [-0.05, 0) is 31.2 Å². The van der Waals surface area contributed by atoms with Crippen molar-refractivity contribution in [2.75, 3.05) is 32.8 Å². The highest BCUT2D eigenvalue weighted by molar-refractivity contribution is 5.63. The molecule has 1 spiro atoms. The molecule has 0 radical (unpaired) electrons. The summed E-state index contributed by atoms with van der Waals surface area (Å²) in [5, 5.41) is 0. The fourth-order valence-corrected chi connectivity index (χ4v) is 3.11. The predicted molar refractivity (Wildman–Crippen MR) is 84.7 cm³/mol. The molecule has 0 aliphatic carbocycles. The van der Waals surface area contributed by atoms with E-state index >= 15 is 0 Å². The number of benzene rings is 1. The van der Waals surface area contributed by atoms with Crippen LogP contribution in [0.1, 0.15) is 25.3 Å². The average molecular weight is 288 g/mol. The first kappa shape index (κ1) is 14.4. The quantitative estimate of drug-likeness (QED) is 0.923. The van der Waals surface area contributed by atoms with Crippen molar-refractivity contribution < 1.29 is 9.47 Å². The molecule has 1 fully saturated rings. The zero-order valence-electron chi connectivity index (χ0n) is 12.7. The number of nitrogens with zero attached hydrogens (tertiary/aromatic N) is 1. The van der Waals surface area contributed by atoms with Gasteiger partial charge in [-0.3, -0.25) is 0 Å². The number of hydrogen-bond acceptors (Lipinski definition) is 4. The molecule has 1 aromatic rings. The molecule has 4 heteroatoms. The number of ether oxygens (including phenoxy) is 2. The fourth-order valence-electron chi connectivity index (χ4n) is 3.11. The maximum atomic E-state index is 6.32. The first-order valence-corrected chi connectivity index (χ1v) is 7.82. The molecular formula is C17H24N2O2. The van der Waals surface area contributed by atoms with E-state index in [1.165, 1.54) is 0 Å². The molecule has 1 saturated heterocycles. The molecule has 2 N–H and O–H groups in total. The second-order valence-electron chi connectivity index (χ2n) is 5.76. The molecule has 0 unspecified atom stereocenters. The van der Waals surface area contributed by atoms with Gasteiger partial charge in [-0.2, -0.15) is 0 Å². The van der Waals surface area contributed by atoms with Gasteiger partial charge < -0.3 is 20.1 Å². The highest BCUT2D eigenvalue weighted by Crippen LogP contribution is 2.38. The summed E-state index contributed by atoms with van der Waals surface area (Å²) in [7, 11) is 0. The van der Waals surface area contributed by atoms with Crippen LogP contribution in [0.2, 0.25) is 0 Å². The molecule has 114 valence electrons. The lowest BCUT2D eigenvalue weighted by atomic mass is 9.88. The van der Waals surface area contributed by atoms with Gasteiger partial charge in [0.15, 0.2) is 0 Å². The standard InChI is InChI=1S/C17H24N2O2/c1-2-20-15-3-4-16-14(13-15)5-6-17(21-16)7-10-19(11-8-17)12-9-18/h3-6,13H,2,7-12,18H2,1H3. The average Bonchev–Trinajstić information content (AvgIpc) is 2.51. The fraction of sp³-hybridized carbons (Fsp3) is 0.529. The Balaban J connectivity index is 1.71. The number of nitrogens with two attached hydrogens (primary N) is 1. The minimum atomic E-state index is -0.134. The molecule has 3 rings (SSSR count). The van der Waals surface area contributed by atoms with Gasteiger partial charge in [0.25, 0.3) is 0 Å². The largest absolute Gasteiger partial charge is 0.494 e. The second kappa shape index (κ2) is 6.08. The van der Waals surface area contributed by atoms with E-state index in [1.54, 1.807) is 0 Å². The highest BCUT2D eigenvalue weighted by Gasteiger charge is 2.36. The van der Waals surface area contributed by atoms with E-state index in [9.17, 15) is 0 Å². The van der Waals surface area contributed by atoms with E-state index in [0.29, 0.717) is 6.61 Å². The lowest BCUT2D eigenvalue weighted by Crippen LogP contribution is -2.48. The Kier molecular flexibility index (Phi) is 4.17. The topological polar surface area (TPSA) is 47.7 Å². The molecule has 2 aliphatic heterocycles. The van der Waals surface area contributed by atoms with Gasteiger partial charge >= 0.3 is 0 Å². The molecule has 0 amide bonds. The molecule has 2 aliphatic rings. The van der Waals surface area contributed by atoms with E-state index < -0.39 is 0 Å². The minimum absolute atomic E-state index is 0.134. The van der Waals surface area contributed by atoms with Crippen molar-refractivity contribution in [3.8, 4) is 11.5 Å². The van der Waals surface area contributed by atoms with Crippen molar-refractivity contribution in [2.45, 2.75) is 25.4 Å². The van der Waals surface area contributed by atoms with Crippen LogP contribution in [-0.4, -0.2) is 43.3 Å². The van der Waals surface area contributed by atoms with Crippen molar-refractivity contribution in [1.29, 1.82) is 0 Å². The number of fused-ring (bicyclic) bond motifs is 1. The van der Waals surface area contributed by atoms with Crippen LogP contribution in [0.15, 0.2) is 24.3 Å². The lowest BCUT2D eigenvalue weighted by Gasteiger charge is -2.41. The van der Waals surface area contributed by atoms with Crippen LogP contribution in [0, 0.1) is 0 Å². The van der Waals surface area contributed by atoms with Crippen LogP contribution in [0.3, 0.4) is 0 Å². The summed E-state index contributed by atoms with van der Waals surface area (Å²) < 4.78 is 11.9. The number of piperidine rings is 1. The Hall–Kier alpha value is -1.52. The first-order chi connectivity index (χ1) is 10.2. The number of rotatable bonds is 4. The summed E-state index contributed by atoms with van der Waals surface area (Å²) in [6.45, 7) is 6.49. The van der Waals surface area contributed by atoms with Crippen molar-refractivity contribution in [2.24, 2.45) is 5.73 Å². The van der Waals surface area contributed by atoms with Gasteiger partial charge in [0.2, 0.25) is 0 Å². The summed E-state index contributed by atoms with van der Waals surface area (Å²) >= 11 is 0. The molecule has 1 aromatic carbocycles. The highest BCUT2D eigenvalue weighted by atomic mass is 16.5. The smallest absolute Gasteiger partial charge is 0.130 e. The minimum Gasteiger partial charge on any atom is -0.494 e. The molecule has 0 aromatic heterocycles. The predicted octanol–water partition coefficient (Wildman–Crippen LogP) is 2.28. The molecule has 21 heavy (non-hydrogen) atoms. The van der Waals surface area contributed by atoms with Crippen molar-refractivity contribution in [1.82, 2.24) is 4.90 Å². The van der Waals surface area contributed by atoms with E-state index in [4.69, 9.17) is 15.2 Å². The van der Waals surface area contributed by atoms with E-state index in [-0.39, 0.29) is 5.60 Å². The summed E-state index contributed by atoms with van der Waals surface area (Å²) in [5.74, 6) is 1.87. The Morgan fingerprint density at radius 3 is 2.86 bits per heavy atom. The third kappa shape index (κ3) is 3.06. The molecule has 0 bridgehead atoms. The molecule has 4 nitrogen and oxygen atoms in total. The normalized spacial score (nSPS) is 20.1. The summed E-state index contributed by atoms with van der Waals surface area (Å²) in [6, 6.07) is 6.06. The van der Waals surface area contributed by atoms with Crippen molar-refractivity contribution >= 4 is 6.08 Å². The van der Waals surface area contributed by atoms with Crippen LogP contribution < -0.4 is 15.2 Å². The second-order valence-corrected chi connectivity index (χ2v) is 5.76. The van der Waals surface area contributed by atoms with Gasteiger partial charge in [-0.15, -0.1) is 0 Å². The van der Waals surface area contributed by atoms with Crippen LogP contribution in [0.4, 0.5) is 0 Å². The summed E-state index contributed by atoms with van der Waals surface area (Å²) in [4.78, 5) is 2.41. The SMILES string of the molecule is CCOc1ccc2c(c1)C=CC1(CCN(CCN)CC1)O2. The zero-order chi connectivity index (χ0) is 14.7. The Morgan fingerprint density at radius 2 is 2.14 bits per heavy atom. The molecule has 2 heterocycles. The third-order valence-electron chi connectivity index (χ3n) is 4.32. The van der Waals surface area contributed by atoms with Crippen LogP contribution in [0.25, 0.3) is 6.08 Å². The maximum absolute atomic E-state index is 6.32. The number of likely N-dealkylation sites (tertiary alicyclic amines) is 1. The van der Waals surface area contributed by atoms with Crippen LogP contribution in [-0.2, 0) is 0 Å². The van der Waals surface area contributed by atoms with Crippen molar-refractivity contribution in [3.63, 3.8) is 0 Å². The molecular weight excluding hydrogens is 264 g/mol. The lowest BCUT2D eigenvalue weighted by molar-refractivity contribution is 0.0398. The monoisotopic (exact) mass is 288 g/mol. The summed E-state index contributed by atoms with van der Waals surface area (Å²) in [6.07, 6.45) is 6.46. The number of hydrogen-bond donors (Lipinski definition) is 1. The van der Waals surface area contributed by atoms with Gasteiger partial charge in [0.05, 0.1) is 6.61 Å². The van der Waals surface area contributed by atoms with E-state index in [2.05, 4.69) is 17.1 Å². The summed E-state index contributed by atoms with van der Waals surface area (Å²) in [5.41, 5.74) is 6.61.